The highest BCUT2D eigenvalue weighted by molar-refractivity contribution is 7.94. The van der Waals surface area contributed by atoms with Crippen molar-refractivity contribution in [1.82, 2.24) is 5.32 Å². The highest BCUT2D eigenvalue weighted by atomic mass is 32.2. The molecule has 0 radical (unpaired) electrons. The average Bonchev–Trinajstić information content (AvgIpc) is 3.29. The van der Waals surface area contributed by atoms with Crippen LogP contribution in [0.15, 0.2) is 64.2 Å². The van der Waals surface area contributed by atoms with Gasteiger partial charge in [0.25, 0.3) is 15.9 Å². The van der Waals surface area contributed by atoms with Crippen molar-refractivity contribution in [3.63, 3.8) is 0 Å². The summed E-state index contributed by atoms with van der Waals surface area (Å²) in [5.41, 5.74) is 1.71. The number of benzene rings is 2. The van der Waals surface area contributed by atoms with E-state index in [0.717, 1.165) is 16.9 Å². The summed E-state index contributed by atoms with van der Waals surface area (Å²) in [7, 11) is -3.62. The predicted octanol–water partition coefficient (Wildman–Crippen LogP) is 3.81. The van der Waals surface area contributed by atoms with Crippen LogP contribution in [0.4, 0.5) is 5.69 Å². The summed E-state index contributed by atoms with van der Waals surface area (Å²) in [4.78, 5) is 12.6. The SMILES string of the molecule is C[C@H](NC(=O)c1ccc(NS(=O)(=O)c2cccs2)cc1)c1ccc2c(c1)OCCO2. The highest BCUT2D eigenvalue weighted by Crippen LogP contribution is 2.32. The van der Waals surface area contributed by atoms with Gasteiger partial charge >= 0.3 is 0 Å². The summed E-state index contributed by atoms with van der Waals surface area (Å²) in [5, 5.41) is 4.64. The van der Waals surface area contributed by atoms with E-state index < -0.39 is 10.0 Å². The Balaban J connectivity index is 1.41. The van der Waals surface area contributed by atoms with Crippen LogP contribution in [-0.2, 0) is 10.0 Å². The van der Waals surface area contributed by atoms with Crippen molar-refractivity contribution in [3.8, 4) is 11.5 Å². The Hall–Kier alpha value is -3.04. The summed E-state index contributed by atoms with van der Waals surface area (Å²) >= 11 is 1.14. The Morgan fingerprint density at radius 1 is 1.03 bits per heavy atom. The standard InChI is InChI=1S/C21H20N2O5S2/c1-14(16-6-9-18-19(13-16)28-11-10-27-18)22-21(24)15-4-7-17(8-5-15)23-30(25,26)20-3-2-12-29-20/h2-9,12-14,23H,10-11H2,1H3,(H,22,24)/t14-/m0/s1. The molecule has 0 saturated carbocycles. The number of hydrogen-bond donors (Lipinski definition) is 2. The summed E-state index contributed by atoms with van der Waals surface area (Å²) in [6.45, 7) is 2.91. The first-order valence-electron chi connectivity index (χ1n) is 9.29. The zero-order valence-electron chi connectivity index (χ0n) is 16.1. The molecular formula is C21H20N2O5S2. The number of carbonyl (C=O) groups excluding carboxylic acids is 1. The van der Waals surface area contributed by atoms with Gasteiger partial charge in [-0.15, -0.1) is 11.3 Å². The third kappa shape index (κ3) is 4.42. The molecule has 2 N–H and O–H groups in total. The Kier molecular flexibility index (Phi) is 5.65. The molecule has 0 fully saturated rings. The second-order valence-corrected chi connectivity index (χ2v) is 9.57. The van der Waals surface area contributed by atoms with E-state index in [1.54, 1.807) is 35.7 Å². The van der Waals surface area contributed by atoms with Crippen LogP contribution < -0.4 is 19.5 Å². The molecule has 0 unspecified atom stereocenters. The maximum Gasteiger partial charge on any atom is 0.271 e. The van der Waals surface area contributed by atoms with Gasteiger partial charge in [-0.3, -0.25) is 9.52 Å². The normalized spacial score (nSPS) is 14.0. The van der Waals surface area contributed by atoms with Gasteiger partial charge in [-0.1, -0.05) is 12.1 Å². The number of fused-ring (bicyclic) bond motifs is 1. The van der Waals surface area contributed by atoms with E-state index in [-0.39, 0.29) is 16.2 Å². The third-order valence-corrected chi connectivity index (χ3v) is 7.35. The summed E-state index contributed by atoms with van der Waals surface area (Å²) < 4.78 is 38.4. The number of hydrogen-bond acceptors (Lipinski definition) is 6. The zero-order chi connectivity index (χ0) is 21.1. The lowest BCUT2D eigenvalue weighted by Gasteiger charge is -2.21. The minimum atomic E-state index is -3.62. The number of amides is 1. The maximum absolute atomic E-state index is 12.6. The molecule has 3 aromatic rings. The Morgan fingerprint density at radius 3 is 2.47 bits per heavy atom. The number of carbonyl (C=O) groups is 1. The van der Waals surface area contributed by atoms with Crippen molar-refractivity contribution < 1.29 is 22.7 Å². The van der Waals surface area contributed by atoms with Crippen molar-refractivity contribution in [3.05, 3.63) is 71.1 Å². The lowest BCUT2D eigenvalue weighted by Crippen LogP contribution is -2.26. The Morgan fingerprint density at radius 2 is 1.77 bits per heavy atom. The van der Waals surface area contributed by atoms with Gasteiger partial charge in [0, 0.05) is 11.3 Å². The second-order valence-electron chi connectivity index (χ2n) is 6.71. The second kappa shape index (κ2) is 8.37. The van der Waals surface area contributed by atoms with E-state index in [2.05, 4.69) is 10.0 Å². The number of rotatable bonds is 6. The lowest BCUT2D eigenvalue weighted by atomic mass is 10.1. The summed E-state index contributed by atoms with van der Waals surface area (Å²) in [6.07, 6.45) is 0. The van der Waals surface area contributed by atoms with Crippen molar-refractivity contribution >= 4 is 33.0 Å². The number of ether oxygens (including phenoxy) is 2. The molecule has 4 rings (SSSR count). The molecule has 1 aliphatic rings. The largest absolute Gasteiger partial charge is 0.486 e. The molecule has 2 aromatic carbocycles. The van der Waals surface area contributed by atoms with Crippen LogP contribution in [0.1, 0.15) is 28.9 Å². The summed E-state index contributed by atoms with van der Waals surface area (Å²) in [6, 6.07) is 14.8. The molecule has 2 heterocycles. The number of thiophene rings is 1. The van der Waals surface area contributed by atoms with Gasteiger partial charge < -0.3 is 14.8 Å². The zero-order valence-corrected chi connectivity index (χ0v) is 17.8. The number of sulfonamides is 1. The van der Waals surface area contributed by atoms with Crippen LogP contribution in [0.5, 0.6) is 11.5 Å². The predicted molar refractivity (Wildman–Crippen MR) is 115 cm³/mol. The van der Waals surface area contributed by atoms with Gasteiger partial charge in [-0.2, -0.15) is 0 Å². The smallest absolute Gasteiger partial charge is 0.271 e. The fourth-order valence-corrected chi connectivity index (χ4v) is 5.06. The van der Waals surface area contributed by atoms with Gasteiger partial charge in [0.15, 0.2) is 11.5 Å². The van der Waals surface area contributed by atoms with E-state index in [9.17, 15) is 13.2 Å². The molecular weight excluding hydrogens is 424 g/mol. The van der Waals surface area contributed by atoms with Crippen LogP contribution in [0.25, 0.3) is 0 Å². The molecule has 30 heavy (non-hydrogen) atoms. The minimum Gasteiger partial charge on any atom is -0.486 e. The molecule has 1 atom stereocenters. The molecule has 0 saturated heterocycles. The quantitative estimate of drug-likeness (QED) is 0.603. The van der Waals surface area contributed by atoms with E-state index in [4.69, 9.17) is 9.47 Å². The van der Waals surface area contributed by atoms with Crippen molar-refractivity contribution in [2.75, 3.05) is 17.9 Å². The fourth-order valence-electron chi connectivity index (χ4n) is 3.00. The first kappa shape index (κ1) is 20.2. The van der Waals surface area contributed by atoms with Crippen LogP contribution in [0, 0.1) is 0 Å². The molecule has 0 aliphatic carbocycles. The van der Waals surface area contributed by atoms with Crippen molar-refractivity contribution in [2.45, 2.75) is 17.2 Å². The monoisotopic (exact) mass is 444 g/mol. The third-order valence-electron chi connectivity index (χ3n) is 4.57. The lowest BCUT2D eigenvalue weighted by molar-refractivity contribution is 0.0939. The topological polar surface area (TPSA) is 93.7 Å². The number of anilines is 1. The van der Waals surface area contributed by atoms with Crippen LogP contribution in [-0.4, -0.2) is 27.5 Å². The van der Waals surface area contributed by atoms with E-state index in [1.807, 2.05) is 25.1 Å². The van der Waals surface area contributed by atoms with E-state index in [1.165, 1.54) is 6.07 Å². The first-order chi connectivity index (χ1) is 14.4. The fraction of sp³-hybridized carbons (Fsp3) is 0.190. The Labute approximate surface area is 178 Å². The van der Waals surface area contributed by atoms with Gasteiger partial charge in [-0.25, -0.2) is 8.42 Å². The molecule has 9 heteroatoms. The average molecular weight is 445 g/mol. The molecule has 0 spiro atoms. The molecule has 156 valence electrons. The van der Waals surface area contributed by atoms with E-state index >= 15 is 0 Å². The minimum absolute atomic E-state index is 0.234. The molecule has 1 amide bonds. The highest BCUT2D eigenvalue weighted by Gasteiger charge is 2.18. The first-order valence-corrected chi connectivity index (χ1v) is 11.7. The van der Waals surface area contributed by atoms with Crippen molar-refractivity contribution in [1.29, 1.82) is 0 Å². The molecule has 1 aliphatic heterocycles. The van der Waals surface area contributed by atoms with Crippen LogP contribution in [0.2, 0.25) is 0 Å². The molecule has 1 aromatic heterocycles. The van der Waals surface area contributed by atoms with Gasteiger partial charge in [0.05, 0.1) is 6.04 Å². The number of nitrogens with one attached hydrogen (secondary N) is 2. The van der Waals surface area contributed by atoms with Crippen molar-refractivity contribution in [2.24, 2.45) is 0 Å². The van der Waals surface area contributed by atoms with Crippen LogP contribution >= 0.6 is 11.3 Å². The molecule has 7 nitrogen and oxygen atoms in total. The van der Waals surface area contributed by atoms with E-state index in [0.29, 0.717) is 36.0 Å². The van der Waals surface area contributed by atoms with Gasteiger partial charge in [0.2, 0.25) is 0 Å². The Bertz CT molecular complexity index is 1140. The van der Waals surface area contributed by atoms with Gasteiger partial charge in [-0.05, 0) is 60.3 Å². The maximum atomic E-state index is 12.6. The van der Waals surface area contributed by atoms with Crippen LogP contribution in [0.3, 0.4) is 0 Å². The van der Waals surface area contributed by atoms with Gasteiger partial charge in [0.1, 0.15) is 17.4 Å². The summed E-state index contributed by atoms with van der Waals surface area (Å²) in [5.74, 6) is 1.11. The molecule has 0 bridgehead atoms.